The van der Waals surface area contributed by atoms with Crippen LogP contribution in [0, 0.1) is 0 Å². The van der Waals surface area contributed by atoms with Crippen LogP contribution in [0.1, 0.15) is 47.5 Å². The second-order valence-corrected chi connectivity index (χ2v) is 6.27. The van der Waals surface area contributed by atoms with Crippen molar-refractivity contribution in [1.29, 1.82) is 0 Å². The Hall–Kier alpha value is -0.160. The van der Waals surface area contributed by atoms with Crippen LogP contribution < -0.4 is 5.32 Å². The molecule has 2 unspecified atom stereocenters. The molecule has 0 spiro atoms. The van der Waals surface area contributed by atoms with Crippen molar-refractivity contribution < 1.29 is 9.47 Å². The van der Waals surface area contributed by atoms with Crippen LogP contribution in [0.3, 0.4) is 0 Å². The van der Waals surface area contributed by atoms with E-state index in [2.05, 4.69) is 44.8 Å². The molecule has 1 aliphatic heterocycles. The Labute approximate surface area is 125 Å². The van der Waals surface area contributed by atoms with E-state index >= 15 is 0 Å². The standard InChI is InChI=1S/C16H34N2O2/c1-6-17-11-15-7-8-16(20-15)12-19-10-9-18(13(2)3)14(4)5/h13-17H,6-12H2,1-5H3. The van der Waals surface area contributed by atoms with Crippen LogP contribution in [0.2, 0.25) is 0 Å². The highest BCUT2D eigenvalue weighted by Gasteiger charge is 2.24. The van der Waals surface area contributed by atoms with Gasteiger partial charge in [0, 0.05) is 25.2 Å². The Morgan fingerprint density at radius 1 is 1.15 bits per heavy atom. The zero-order valence-corrected chi connectivity index (χ0v) is 14.0. The molecule has 1 N–H and O–H groups in total. The Bertz CT molecular complexity index is 239. The van der Waals surface area contributed by atoms with Crippen molar-refractivity contribution in [3.63, 3.8) is 0 Å². The van der Waals surface area contributed by atoms with E-state index in [0.29, 0.717) is 24.3 Å². The number of hydrogen-bond acceptors (Lipinski definition) is 4. The highest BCUT2D eigenvalue weighted by atomic mass is 16.5. The second-order valence-electron chi connectivity index (χ2n) is 6.27. The zero-order valence-electron chi connectivity index (χ0n) is 14.0. The molecule has 1 saturated heterocycles. The zero-order chi connectivity index (χ0) is 15.0. The maximum absolute atomic E-state index is 5.96. The average Bonchev–Trinajstić information content (AvgIpc) is 2.83. The van der Waals surface area contributed by atoms with Gasteiger partial charge >= 0.3 is 0 Å². The van der Waals surface area contributed by atoms with E-state index in [9.17, 15) is 0 Å². The van der Waals surface area contributed by atoms with Crippen molar-refractivity contribution in [3.05, 3.63) is 0 Å². The predicted octanol–water partition coefficient (Wildman–Crippen LogP) is 2.28. The van der Waals surface area contributed by atoms with Crippen LogP contribution in [0.25, 0.3) is 0 Å². The monoisotopic (exact) mass is 286 g/mol. The lowest BCUT2D eigenvalue weighted by Gasteiger charge is -2.30. The van der Waals surface area contributed by atoms with E-state index in [4.69, 9.17) is 9.47 Å². The van der Waals surface area contributed by atoms with Gasteiger partial charge in [0.1, 0.15) is 0 Å². The Morgan fingerprint density at radius 3 is 2.40 bits per heavy atom. The number of nitrogens with zero attached hydrogens (tertiary/aromatic N) is 1. The minimum absolute atomic E-state index is 0.296. The first-order valence-electron chi connectivity index (χ1n) is 8.24. The normalized spacial score (nSPS) is 23.4. The molecule has 4 heteroatoms. The quantitative estimate of drug-likeness (QED) is 0.625. The van der Waals surface area contributed by atoms with Gasteiger partial charge in [-0.3, -0.25) is 4.90 Å². The Morgan fingerprint density at radius 2 is 1.80 bits per heavy atom. The molecule has 20 heavy (non-hydrogen) atoms. The van der Waals surface area contributed by atoms with Crippen LogP contribution in [0.15, 0.2) is 0 Å². The molecule has 1 heterocycles. The van der Waals surface area contributed by atoms with E-state index < -0.39 is 0 Å². The lowest BCUT2D eigenvalue weighted by molar-refractivity contribution is -0.0209. The SMILES string of the molecule is CCNCC1CCC(COCCN(C(C)C)C(C)C)O1. The fraction of sp³-hybridized carbons (Fsp3) is 1.00. The summed E-state index contributed by atoms with van der Waals surface area (Å²) >= 11 is 0. The summed E-state index contributed by atoms with van der Waals surface area (Å²) in [4.78, 5) is 2.46. The fourth-order valence-corrected chi connectivity index (χ4v) is 2.86. The summed E-state index contributed by atoms with van der Waals surface area (Å²) in [7, 11) is 0. The number of hydrogen-bond donors (Lipinski definition) is 1. The van der Waals surface area contributed by atoms with Crippen molar-refractivity contribution in [3.8, 4) is 0 Å². The van der Waals surface area contributed by atoms with Crippen molar-refractivity contribution in [2.75, 3.05) is 32.8 Å². The van der Waals surface area contributed by atoms with Crippen molar-refractivity contribution in [1.82, 2.24) is 10.2 Å². The Kier molecular flexibility index (Phi) is 8.69. The number of nitrogens with one attached hydrogen (secondary N) is 1. The average molecular weight is 286 g/mol. The van der Waals surface area contributed by atoms with E-state index in [1.165, 1.54) is 0 Å². The van der Waals surface area contributed by atoms with Gasteiger partial charge in [-0.05, 0) is 47.1 Å². The van der Waals surface area contributed by atoms with Gasteiger partial charge in [0.05, 0.1) is 25.4 Å². The molecule has 0 aromatic heterocycles. The fourth-order valence-electron chi connectivity index (χ4n) is 2.86. The second kappa shape index (κ2) is 9.72. The molecule has 1 aliphatic rings. The third-order valence-corrected chi connectivity index (χ3v) is 3.94. The molecule has 2 atom stereocenters. The molecule has 0 aliphatic carbocycles. The van der Waals surface area contributed by atoms with Crippen LogP contribution in [0.5, 0.6) is 0 Å². The topological polar surface area (TPSA) is 33.7 Å². The van der Waals surface area contributed by atoms with Gasteiger partial charge in [-0.25, -0.2) is 0 Å². The third kappa shape index (κ3) is 6.53. The molecule has 0 radical (unpaired) electrons. The summed E-state index contributed by atoms with van der Waals surface area (Å²) in [6.07, 6.45) is 2.97. The van der Waals surface area contributed by atoms with Gasteiger partial charge in [0.25, 0.3) is 0 Å². The minimum atomic E-state index is 0.296. The molecule has 4 nitrogen and oxygen atoms in total. The molecule has 0 amide bonds. The highest BCUT2D eigenvalue weighted by Crippen LogP contribution is 2.19. The van der Waals surface area contributed by atoms with Gasteiger partial charge in [0.2, 0.25) is 0 Å². The largest absolute Gasteiger partial charge is 0.377 e. The van der Waals surface area contributed by atoms with Crippen LogP contribution in [-0.2, 0) is 9.47 Å². The molecular formula is C16H34N2O2. The van der Waals surface area contributed by atoms with Crippen molar-refractivity contribution >= 4 is 0 Å². The molecule has 0 saturated carbocycles. The maximum atomic E-state index is 5.96. The van der Waals surface area contributed by atoms with Gasteiger partial charge in [0.15, 0.2) is 0 Å². The summed E-state index contributed by atoms with van der Waals surface area (Å²) in [5, 5.41) is 3.35. The van der Waals surface area contributed by atoms with Crippen LogP contribution >= 0.6 is 0 Å². The third-order valence-electron chi connectivity index (χ3n) is 3.94. The first kappa shape index (κ1) is 17.9. The molecule has 0 aromatic carbocycles. The van der Waals surface area contributed by atoms with Gasteiger partial charge in [-0.1, -0.05) is 6.92 Å². The van der Waals surface area contributed by atoms with Gasteiger partial charge in [-0.2, -0.15) is 0 Å². The minimum Gasteiger partial charge on any atom is -0.377 e. The molecule has 0 bridgehead atoms. The predicted molar refractivity (Wildman–Crippen MR) is 84.2 cm³/mol. The molecule has 0 aromatic rings. The molecule has 120 valence electrons. The maximum Gasteiger partial charge on any atom is 0.0813 e. The molecule has 1 fully saturated rings. The number of likely N-dealkylation sites (N-methyl/N-ethyl adjacent to an activating group) is 1. The van der Waals surface area contributed by atoms with Crippen LogP contribution in [0.4, 0.5) is 0 Å². The first-order chi connectivity index (χ1) is 9.54. The highest BCUT2D eigenvalue weighted by molar-refractivity contribution is 4.75. The Balaban J connectivity index is 2.10. The van der Waals surface area contributed by atoms with E-state index in [-0.39, 0.29) is 0 Å². The van der Waals surface area contributed by atoms with Crippen molar-refractivity contribution in [2.24, 2.45) is 0 Å². The summed E-state index contributed by atoms with van der Waals surface area (Å²) in [5.74, 6) is 0. The van der Waals surface area contributed by atoms with Crippen molar-refractivity contribution in [2.45, 2.75) is 71.8 Å². The lowest BCUT2D eigenvalue weighted by atomic mass is 10.2. The molecular weight excluding hydrogens is 252 g/mol. The summed E-state index contributed by atoms with van der Waals surface area (Å²) < 4.78 is 11.8. The summed E-state index contributed by atoms with van der Waals surface area (Å²) in [6.45, 7) is 15.6. The van der Waals surface area contributed by atoms with E-state index in [1.54, 1.807) is 0 Å². The van der Waals surface area contributed by atoms with Gasteiger partial charge < -0.3 is 14.8 Å². The van der Waals surface area contributed by atoms with Crippen LogP contribution in [-0.4, -0.2) is 62.0 Å². The van der Waals surface area contributed by atoms with E-state index in [1.807, 2.05) is 0 Å². The van der Waals surface area contributed by atoms with Gasteiger partial charge in [-0.15, -0.1) is 0 Å². The molecule has 1 rings (SSSR count). The first-order valence-corrected chi connectivity index (χ1v) is 8.24. The lowest BCUT2D eigenvalue weighted by Crippen LogP contribution is -2.39. The number of rotatable bonds is 10. The van der Waals surface area contributed by atoms with E-state index in [0.717, 1.165) is 45.7 Å². The summed E-state index contributed by atoms with van der Waals surface area (Å²) in [6, 6.07) is 1.15. The number of ether oxygens (including phenoxy) is 2. The smallest absolute Gasteiger partial charge is 0.0813 e. The summed E-state index contributed by atoms with van der Waals surface area (Å²) in [5.41, 5.74) is 0.